The zero-order valence-electron chi connectivity index (χ0n) is 11.2. The number of carbonyl (C=O) groups is 1. The number of anilines is 2. The van der Waals surface area contributed by atoms with Crippen molar-refractivity contribution in [1.29, 1.82) is 0 Å². The van der Waals surface area contributed by atoms with Crippen molar-refractivity contribution >= 4 is 38.8 Å². The van der Waals surface area contributed by atoms with Crippen LogP contribution in [0.15, 0.2) is 0 Å². The normalized spacial score (nSPS) is 10.5. The smallest absolute Gasteiger partial charge is 0.269 e. The maximum Gasteiger partial charge on any atom is 0.269 e. The minimum Gasteiger partial charge on any atom is -0.354 e. The minimum absolute atomic E-state index is 0.179. The molecular formula is C11H15N5OS2. The molecule has 0 aliphatic heterocycles. The fraction of sp³-hybridized carbons (Fsp3) is 0.455. The summed E-state index contributed by atoms with van der Waals surface area (Å²) in [5.74, 6) is -0.179. The summed E-state index contributed by atoms with van der Waals surface area (Å²) in [6.07, 6.45) is 0.817. The molecule has 102 valence electrons. The molecule has 0 radical (unpaired) electrons. The highest BCUT2D eigenvalue weighted by Gasteiger charge is 2.17. The first-order valence-electron chi connectivity index (χ1n) is 5.79. The molecule has 0 aliphatic carbocycles. The first-order valence-corrected chi connectivity index (χ1v) is 7.43. The first-order chi connectivity index (χ1) is 9.01. The summed E-state index contributed by atoms with van der Waals surface area (Å²) < 4.78 is 0. The number of amides is 1. The van der Waals surface area contributed by atoms with Gasteiger partial charge in [-0.2, -0.15) is 0 Å². The van der Waals surface area contributed by atoms with Crippen molar-refractivity contribution in [2.75, 3.05) is 24.3 Å². The molecule has 0 atom stereocenters. The van der Waals surface area contributed by atoms with E-state index in [0.29, 0.717) is 10.0 Å². The lowest BCUT2D eigenvalue weighted by atomic mass is 10.4. The lowest BCUT2D eigenvalue weighted by molar-refractivity contribution is 0.102. The van der Waals surface area contributed by atoms with E-state index < -0.39 is 0 Å². The Morgan fingerprint density at radius 3 is 2.58 bits per heavy atom. The number of nitrogens with one attached hydrogen (secondary N) is 1. The molecule has 6 nitrogen and oxygen atoms in total. The van der Waals surface area contributed by atoms with E-state index in [1.54, 1.807) is 0 Å². The molecule has 2 aromatic rings. The van der Waals surface area contributed by atoms with Crippen molar-refractivity contribution in [3.63, 3.8) is 0 Å². The molecule has 0 saturated carbocycles. The van der Waals surface area contributed by atoms with Gasteiger partial charge in [0.2, 0.25) is 5.13 Å². The third-order valence-electron chi connectivity index (χ3n) is 2.36. The van der Waals surface area contributed by atoms with Crippen molar-refractivity contribution in [3.8, 4) is 0 Å². The van der Waals surface area contributed by atoms with Crippen LogP contribution < -0.4 is 10.2 Å². The first kappa shape index (κ1) is 13.9. The lowest BCUT2D eigenvalue weighted by Gasteiger charge is -2.05. The monoisotopic (exact) mass is 297 g/mol. The largest absolute Gasteiger partial charge is 0.354 e. The molecule has 2 heterocycles. The molecule has 8 heteroatoms. The Kier molecular flexibility index (Phi) is 4.11. The molecule has 0 fully saturated rings. The summed E-state index contributed by atoms with van der Waals surface area (Å²) in [6.45, 7) is 3.83. The van der Waals surface area contributed by atoms with E-state index in [1.807, 2.05) is 32.8 Å². The van der Waals surface area contributed by atoms with Crippen molar-refractivity contribution in [3.05, 3.63) is 15.6 Å². The van der Waals surface area contributed by atoms with Crippen LogP contribution in [0.25, 0.3) is 0 Å². The van der Waals surface area contributed by atoms with E-state index >= 15 is 0 Å². The number of carbonyl (C=O) groups excluding carboxylic acids is 1. The van der Waals surface area contributed by atoms with Gasteiger partial charge >= 0.3 is 0 Å². The third kappa shape index (κ3) is 3.07. The van der Waals surface area contributed by atoms with Gasteiger partial charge in [-0.15, -0.1) is 10.2 Å². The van der Waals surface area contributed by atoms with Gasteiger partial charge in [-0.1, -0.05) is 29.6 Å². The summed E-state index contributed by atoms with van der Waals surface area (Å²) in [6, 6.07) is 0. The van der Waals surface area contributed by atoms with Gasteiger partial charge in [0.15, 0.2) is 5.13 Å². The Labute approximate surface area is 119 Å². The van der Waals surface area contributed by atoms with E-state index in [1.165, 1.54) is 22.7 Å². The maximum absolute atomic E-state index is 12.1. The number of thiazole rings is 1. The van der Waals surface area contributed by atoms with Crippen LogP contribution in [-0.4, -0.2) is 35.2 Å². The maximum atomic E-state index is 12.1. The average molecular weight is 297 g/mol. The minimum atomic E-state index is -0.179. The van der Waals surface area contributed by atoms with Gasteiger partial charge in [-0.25, -0.2) is 4.98 Å². The van der Waals surface area contributed by atoms with E-state index in [4.69, 9.17) is 0 Å². The quantitative estimate of drug-likeness (QED) is 0.936. The average Bonchev–Trinajstić information content (AvgIpc) is 2.95. The topological polar surface area (TPSA) is 71.0 Å². The van der Waals surface area contributed by atoms with Crippen LogP contribution in [0.5, 0.6) is 0 Å². The zero-order chi connectivity index (χ0) is 14.0. The van der Waals surface area contributed by atoms with E-state index in [2.05, 4.69) is 20.5 Å². The molecule has 19 heavy (non-hydrogen) atoms. The van der Waals surface area contributed by atoms with Gasteiger partial charge in [-0.05, 0) is 13.3 Å². The molecule has 0 aliphatic rings. The molecule has 0 aromatic carbocycles. The van der Waals surface area contributed by atoms with Crippen molar-refractivity contribution in [1.82, 2.24) is 15.2 Å². The number of hydrogen-bond acceptors (Lipinski definition) is 7. The van der Waals surface area contributed by atoms with Crippen molar-refractivity contribution < 1.29 is 4.79 Å². The van der Waals surface area contributed by atoms with Gasteiger partial charge in [0.1, 0.15) is 9.88 Å². The Bertz CT molecular complexity index is 590. The van der Waals surface area contributed by atoms with Crippen molar-refractivity contribution in [2.24, 2.45) is 0 Å². The van der Waals surface area contributed by atoms with Crippen molar-refractivity contribution in [2.45, 2.75) is 20.3 Å². The molecule has 2 aromatic heterocycles. The van der Waals surface area contributed by atoms with Gasteiger partial charge in [0.25, 0.3) is 5.91 Å². The highest BCUT2D eigenvalue weighted by atomic mass is 32.1. The SMILES string of the molecule is CCc1nnc(NC(=O)c2sc(N(C)C)nc2C)s1. The van der Waals surface area contributed by atoms with Crippen LogP contribution in [0.4, 0.5) is 10.3 Å². The fourth-order valence-corrected chi connectivity index (χ4v) is 2.94. The van der Waals surface area contributed by atoms with Crippen LogP contribution in [0.2, 0.25) is 0 Å². The molecule has 0 spiro atoms. The van der Waals surface area contributed by atoms with Crippen LogP contribution in [0, 0.1) is 6.92 Å². The Morgan fingerprint density at radius 2 is 2.05 bits per heavy atom. The van der Waals surface area contributed by atoms with E-state index in [9.17, 15) is 4.79 Å². The lowest BCUT2D eigenvalue weighted by Crippen LogP contribution is -2.11. The van der Waals surface area contributed by atoms with Crippen LogP contribution in [0.3, 0.4) is 0 Å². The Balaban J connectivity index is 2.15. The summed E-state index contributed by atoms with van der Waals surface area (Å²) >= 11 is 2.76. The number of aromatic nitrogens is 3. The summed E-state index contributed by atoms with van der Waals surface area (Å²) in [5, 5.41) is 12.9. The van der Waals surface area contributed by atoms with E-state index in [-0.39, 0.29) is 5.91 Å². The molecule has 1 N–H and O–H groups in total. The number of nitrogens with zero attached hydrogens (tertiary/aromatic N) is 4. The second-order valence-electron chi connectivity index (χ2n) is 4.11. The Morgan fingerprint density at radius 1 is 1.32 bits per heavy atom. The summed E-state index contributed by atoms with van der Waals surface area (Å²) in [5.41, 5.74) is 0.728. The molecule has 0 bridgehead atoms. The predicted molar refractivity (Wildman–Crippen MR) is 78.4 cm³/mol. The summed E-state index contributed by atoms with van der Waals surface area (Å²) in [7, 11) is 3.80. The number of hydrogen-bond donors (Lipinski definition) is 1. The molecule has 2 rings (SSSR count). The van der Waals surface area contributed by atoms with Crippen LogP contribution >= 0.6 is 22.7 Å². The number of rotatable bonds is 4. The summed E-state index contributed by atoms with van der Waals surface area (Å²) in [4.78, 5) is 19.0. The second kappa shape index (κ2) is 5.62. The van der Waals surface area contributed by atoms with Gasteiger partial charge in [0.05, 0.1) is 5.69 Å². The fourth-order valence-electron chi connectivity index (χ4n) is 1.39. The molecule has 0 saturated heterocycles. The third-order valence-corrected chi connectivity index (χ3v) is 4.67. The highest BCUT2D eigenvalue weighted by molar-refractivity contribution is 7.18. The van der Waals surface area contributed by atoms with E-state index in [0.717, 1.165) is 22.3 Å². The molecule has 1 amide bonds. The van der Waals surface area contributed by atoms with Gasteiger partial charge in [-0.3, -0.25) is 10.1 Å². The predicted octanol–water partition coefficient (Wildman–Crippen LogP) is 2.18. The number of aryl methyl sites for hydroxylation is 2. The highest BCUT2D eigenvalue weighted by Crippen LogP contribution is 2.26. The van der Waals surface area contributed by atoms with Crippen LogP contribution in [0.1, 0.15) is 27.3 Å². The molecular weight excluding hydrogens is 282 g/mol. The molecule has 0 unspecified atom stereocenters. The second-order valence-corrected chi connectivity index (χ2v) is 6.15. The zero-order valence-corrected chi connectivity index (χ0v) is 12.9. The standard InChI is InChI=1S/C11H15N5OS2/c1-5-7-14-15-10(18-7)13-9(17)8-6(2)12-11(19-8)16(3)4/h5H2,1-4H3,(H,13,15,17). The van der Waals surface area contributed by atoms with Crippen LogP contribution in [-0.2, 0) is 6.42 Å². The Hall–Kier alpha value is -1.54. The van der Waals surface area contributed by atoms with Gasteiger partial charge < -0.3 is 4.90 Å². The van der Waals surface area contributed by atoms with Gasteiger partial charge in [0, 0.05) is 14.1 Å².